The normalized spacial score (nSPS) is 8.07. The number of hydrogen-bond acceptors (Lipinski definition) is 2. The highest BCUT2D eigenvalue weighted by Crippen LogP contribution is 2.01. The van der Waals surface area contributed by atoms with Crippen LogP contribution in [0.3, 0.4) is 0 Å². The standard InChI is InChI=1S/C10H12O.C6H6.C4H6O2.2C2H4/c11-9-5-4-8-10-6-2-1-3-7-10;1-2-4-6-5-3-1;1-3(2)4(5)6;2*1-2/h1-4,6-8,11H,5,9H2;1-6H;1H2,2H3,(H,5,6);2*1-2H2. The molecule has 0 aliphatic heterocycles. The fraction of sp³-hybridized carbons (Fsp3) is 0.125. The third-order valence-electron chi connectivity index (χ3n) is 2.44. The van der Waals surface area contributed by atoms with Gasteiger partial charge >= 0.3 is 5.97 Å². The first-order valence-corrected chi connectivity index (χ1v) is 8.29. The average Bonchev–Trinajstić information content (AvgIpc) is 2.74. The van der Waals surface area contributed by atoms with Gasteiger partial charge in [0.1, 0.15) is 0 Å². The van der Waals surface area contributed by atoms with Crippen LogP contribution in [0.15, 0.2) is 111 Å². The summed E-state index contributed by atoms with van der Waals surface area (Å²) in [6, 6.07) is 22.1. The molecule has 0 aliphatic carbocycles. The summed E-state index contributed by atoms with van der Waals surface area (Å²) in [7, 11) is 0. The lowest BCUT2D eigenvalue weighted by Gasteiger charge is -1.89. The van der Waals surface area contributed by atoms with E-state index in [1.54, 1.807) is 0 Å². The van der Waals surface area contributed by atoms with Crippen LogP contribution < -0.4 is 0 Å². The Hall–Kier alpha value is -3.17. The van der Waals surface area contributed by atoms with Crippen molar-refractivity contribution in [2.45, 2.75) is 13.3 Å². The van der Waals surface area contributed by atoms with E-state index in [4.69, 9.17) is 10.2 Å². The summed E-state index contributed by atoms with van der Waals surface area (Å²) < 4.78 is 0. The fourth-order valence-corrected chi connectivity index (χ4v) is 1.24. The molecule has 0 amide bonds. The second-order valence-electron chi connectivity index (χ2n) is 4.57. The molecule has 2 aromatic carbocycles. The summed E-state index contributed by atoms with van der Waals surface area (Å²) in [6.07, 6.45) is 4.71. The Morgan fingerprint density at radius 2 is 1.22 bits per heavy atom. The first kappa shape index (κ1) is 28.6. The SMILES string of the molecule is C=C.C=C.C=C(C)C(=O)O.OCCC=Cc1ccccc1.c1ccccc1. The number of rotatable bonds is 4. The smallest absolute Gasteiger partial charge is 0.330 e. The molecular formula is C24H32O3. The number of carbonyl (C=O) groups is 1. The minimum atomic E-state index is -0.935. The van der Waals surface area contributed by atoms with Gasteiger partial charge in [-0.15, -0.1) is 26.3 Å². The van der Waals surface area contributed by atoms with Crippen LogP contribution in [0.2, 0.25) is 0 Å². The Kier molecular flexibility index (Phi) is 26.6. The molecule has 0 saturated carbocycles. The Balaban J connectivity index is -0.000000310. The highest BCUT2D eigenvalue weighted by Gasteiger charge is 1.90. The van der Waals surface area contributed by atoms with Crippen molar-refractivity contribution >= 4 is 12.0 Å². The van der Waals surface area contributed by atoms with Gasteiger partial charge in [-0.25, -0.2) is 4.79 Å². The predicted molar refractivity (Wildman–Crippen MR) is 119 cm³/mol. The van der Waals surface area contributed by atoms with Crippen molar-refractivity contribution in [2.24, 2.45) is 0 Å². The monoisotopic (exact) mass is 368 g/mol. The van der Waals surface area contributed by atoms with Crippen molar-refractivity contribution in [3.63, 3.8) is 0 Å². The van der Waals surface area contributed by atoms with E-state index >= 15 is 0 Å². The van der Waals surface area contributed by atoms with Crippen molar-refractivity contribution in [3.05, 3.63) is 117 Å². The molecule has 0 radical (unpaired) electrons. The Labute approximate surface area is 164 Å². The van der Waals surface area contributed by atoms with Crippen molar-refractivity contribution in [3.8, 4) is 0 Å². The van der Waals surface area contributed by atoms with Gasteiger partial charge in [-0.3, -0.25) is 0 Å². The van der Waals surface area contributed by atoms with Crippen LogP contribution in [0, 0.1) is 0 Å². The number of carboxylic acids is 1. The quantitative estimate of drug-likeness (QED) is 0.512. The van der Waals surface area contributed by atoms with Crippen molar-refractivity contribution < 1.29 is 15.0 Å². The summed E-state index contributed by atoms with van der Waals surface area (Å²) in [5.41, 5.74) is 1.36. The Morgan fingerprint density at radius 3 is 1.52 bits per heavy atom. The highest BCUT2D eigenvalue weighted by molar-refractivity contribution is 5.84. The van der Waals surface area contributed by atoms with Gasteiger partial charge < -0.3 is 10.2 Å². The van der Waals surface area contributed by atoms with Crippen LogP contribution in [0.1, 0.15) is 18.9 Å². The summed E-state index contributed by atoms with van der Waals surface area (Å²) in [5, 5.41) is 16.4. The van der Waals surface area contributed by atoms with Gasteiger partial charge in [0, 0.05) is 12.2 Å². The first-order valence-electron chi connectivity index (χ1n) is 8.29. The summed E-state index contributed by atoms with van der Waals surface area (Å²) in [4.78, 5) is 9.60. The van der Waals surface area contributed by atoms with E-state index in [0.29, 0.717) is 0 Å². The minimum absolute atomic E-state index is 0.176. The molecule has 2 aromatic rings. The average molecular weight is 369 g/mol. The highest BCUT2D eigenvalue weighted by atomic mass is 16.4. The molecule has 2 rings (SSSR count). The first-order chi connectivity index (χ1) is 13.1. The van der Waals surface area contributed by atoms with Crippen LogP contribution in [0.5, 0.6) is 0 Å². The summed E-state index contributed by atoms with van der Waals surface area (Å²) >= 11 is 0. The third kappa shape index (κ3) is 25.2. The molecule has 3 nitrogen and oxygen atoms in total. The van der Waals surface area contributed by atoms with Gasteiger partial charge in [0.15, 0.2) is 0 Å². The van der Waals surface area contributed by atoms with Gasteiger partial charge in [0.25, 0.3) is 0 Å². The molecule has 0 aromatic heterocycles. The van der Waals surface area contributed by atoms with Gasteiger partial charge in [-0.05, 0) is 18.9 Å². The number of aliphatic hydroxyl groups excluding tert-OH is 1. The lowest BCUT2D eigenvalue weighted by Crippen LogP contribution is -1.92. The molecule has 0 spiro atoms. The minimum Gasteiger partial charge on any atom is -0.478 e. The number of aliphatic hydroxyl groups is 1. The second-order valence-corrected chi connectivity index (χ2v) is 4.57. The molecule has 0 aliphatic rings. The number of hydrogen-bond donors (Lipinski definition) is 2. The van der Waals surface area contributed by atoms with E-state index in [2.05, 4.69) is 32.9 Å². The maximum Gasteiger partial charge on any atom is 0.330 e. The van der Waals surface area contributed by atoms with Crippen LogP contribution in [0.4, 0.5) is 0 Å². The molecule has 2 N–H and O–H groups in total. The number of aliphatic carboxylic acids is 1. The number of benzene rings is 2. The summed E-state index contributed by atoms with van der Waals surface area (Å²) in [6.45, 7) is 16.8. The molecule has 27 heavy (non-hydrogen) atoms. The zero-order valence-electron chi connectivity index (χ0n) is 16.3. The maximum atomic E-state index is 9.60. The van der Waals surface area contributed by atoms with Gasteiger partial charge in [-0.1, -0.05) is 85.5 Å². The van der Waals surface area contributed by atoms with Crippen LogP contribution in [-0.2, 0) is 4.79 Å². The van der Waals surface area contributed by atoms with Crippen LogP contribution in [-0.4, -0.2) is 22.8 Å². The molecule has 0 atom stereocenters. The van der Waals surface area contributed by atoms with E-state index in [0.717, 1.165) is 6.42 Å². The number of carboxylic acid groups (broad SMARTS) is 1. The Bertz CT molecular complexity index is 549. The van der Waals surface area contributed by atoms with Gasteiger partial charge in [-0.2, -0.15) is 0 Å². The van der Waals surface area contributed by atoms with Gasteiger partial charge in [0.2, 0.25) is 0 Å². The van der Waals surface area contributed by atoms with Crippen molar-refractivity contribution in [2.75, 3.05) is 6.61 Å². The molecule has 0 fully saturated rings. The van der Waals surface area contributed by atoms with E-state index in [1.165, 1.54) is 12.5 Å². The van der Waals surface area contributed by atoms with E-state index in [1.807, 2.05) is 78.9 Å². The molecule has 0 bridgehead atoms. The van der Waals surface area contributed by atoms with Crippen LogP contribution >= 0.6 is 0 Å². The summed E-state index contributed by atoms with van der Waals surface area (Å²) in [5.74, 6) is -0.935. The Morgan fingerprint density at radius 1 is 0.889 bits per heavy atom. The zero-order valence-corrected chi connectivity index (χ0v) is 16.3. The largest absolute Gasteiger partial charge is 0.478 e. The lowest BCUT2D eigenvalue weighted by atomic mass is 10.2. The van der Waals surface area contributed by atoms with Gasteiger partial charge in [0.05, 0.1) is 0 Å². The van der Waals surface area contributed by atoms with Crippen molar-refractivity contribution in [1.29, 1.82) is 0 Å². The van der Waals surface area contributed by atoms with Crippen LogP contribution in [0.25, 0.3) is 6.08 Å². The molecular weight excluding hydrogens is 336 g/mol. The molecule has 0 saturated heterocycles. The molecule has 3 heteroatoms. The van der Waals surface area contributed by atoms with E-state index in [9.17, 15) is 4.79 Å². The zero-order chi connectivity index (χ0) is 21.3. The molecule has 0 heterocycles. The van der Waals surface area contributed by atoms with E-state index in [-0.39, 0.29) is 12.2 Å². The third-order valence-corrected chi connectivity index (χ3v) is 2.44. The van der Waals surface area contributed by atoms with E-state index < -0.39 is 5.97 Å². The molecule has 0 unspecified atom stereocenters. The lowest BCUT2D eigenvalue weighted by molar-refractivity contribution is -0.132. The second kappa shape index (κ2) is 25.1. The topological polar surface area (TPSA) is 57.5 Å². The molecule has 146 valence electrons. The van der Waals surface area contributed by atoms with Crippen molar-refractivity contribution in [1.82, 2.24) is 0 Å². The predicted octanol–water partition coefficient (Wildman–Crippen LogP) is 6.02. The maximum absolute atomic E-state index is 9.60. The fourth-order valence-electron chi connectivity index (χ4n) is 1.24.